The molecule has 7 nitrogen and oxygen atoms in total. The molecule has 3 aromatic heterocycles. The van der Waals surface area contributed by atoms with Crippen LogP contribution in [0.2, 0.25) is 0 Å². The van der Waals surface area contributed by atoms with E-state index in [1.54, 1.807) is 12.3 Å². The maximum atomic E-state index is 12.2. The number of nitrogens with zero attached hydrogens (tertiary/aromatic N) is 2. The number of aliphatic hydroxyl groups is 1. The van der Waals surface area contributed by atoms with Crippen molar-refractivity contribution in [1.82, 2.24) is 19.7 Å². The highest BCUT2D eigenvalue weighted by Gasteiger charge is 2.21. The molecule has 0 fully saturated rings. The minimum Gasteiger partial charge on any atom is -0.389 e. The number of hydrogen-bond acceptors (Lipinski definition) is 5. The van der Waals surface area contributed by atoms with Gasteiger partial charge < -0.3 is 10.1 Å². The van der Waals surface area contributed by atoms with Crippen LogP contribution in [0.25, 0.3) is 22.2 Å². The molecule has 0 saturated heterocycles. The molecule has 3 rings (SSSR count). The highest BCUT2D eigenvalue weighted by atomic mass is 32.2. The van der Waals surface area contributed by atoms with Crippen molar-refractivity contribution in [3.63, 3.8) is 0 Å². The standard InChI is InChI=1S/C17H20N4O3S/c1-11-8-14-13(6-7-18-16(14)21-11)12-4-5-15(19-9-12)25(23,24)20-10-17(2,3)22/h4-9,20,22H,10H2,1-3H3,(H,18,21). The third kappa shape index (κ3) is 3.87. The van der Waals surface area contributed by atoms with E-state index in [1.807, 2.05) is 19.1 Å². The summed E-state index contributed by atoms with van der Waals surface area (Å²) in [5.41, 5.74) is 2.36. The van der Waals surface area contributed by atoms with Crippen molar-refractivity contribution in [3.8, 4) is 11.1 Å². The lowest BCUT2D eigenvalue weighted by atomic mass is 10.1. The van der Waals surface area contributed by atoms with Crippen molar-refractivity contribution in [1.29, 1.82) is 0 Å². The summed E-state index contributed by atoms with van der Waals surface area (Å²) in [7, 11) is -3.77. The first kappa shape index (κ1) is 17.5. The third-order valence-electron chi connectivity index (χ3n) is 3.68. The molecule has 0 aliphatic heterocycles. The maximum Gasteiger partial charge on any atom is 0.258 e. The molecule has 0 amide bonds. The number of hydrogen-bond donors (Lipinski definition) is 3. The first-order chi connectivity index (χ1) is 11.7. The Hall–Kier alpha value is -2.29. The van der Waals surface area contributed by atoms with Gasteiger partial charge in [0.25, 0.3) is 10.0 Å². The van der Waals surface area contributed by atoms with Crippen molar-refractivity contribution >= 4 is 21.1 Å². The number of fused-ring (bicyclic) bond motifs is 1. The van der Waals surface area contributed by atoms with E-state index in [1.165, 1.54) is 26.1 Å². The van der Waals surface area contributed by atoms with Crippen molar-refractivity contribution in [2.24, 2.45) is 0 Å². The molecule has 0 aliphatic rings. The first-order valence-electron chi connectivity index (χ1n) is 7.78. The molecule has 8 heteroatoms. The Labute approximate surface area is 146 Å². The predicted molar refractivity (Wildman–Crippen MR) is 95.5 cm³/mol. The van der Waals surface area contributed by atoms with E-state index in [4.69, 9.17) is 0 Å². The van der Waals surface area contributed by atoms with Crippen LogP contribution < -0.4 is 4.72 Å². The second kappa shape index (κ2) is 6.21. The highest BCUT2D eigenvalue weighted by Crippen LogP contribution is 2.27. The monoisotopic (exact) mass is 360 g/mol. The summed E-state index contributed by atoms with van der Waals surface area (Å²) in [4.78, 5) is 11.5. The van der Waals surface area contributed by atoms with Crippen LogP contribution in [0.5, 0.6) is 0 Å². The van der Waals surface area contributed by atoms with Gasteiger partial charge in [-0.15, -0.1) is 0 Å². The normalized spacial score (nSPS) is 12.6. The van der Waals surface area contributed by atoms with Crippen LogP contribution in [0, 0.1) is 6.92 Å². The molecule has 0 atom stereocenters. The van der Waals surface area contributed by atoms with E-state index in [0.717, 1.165) is 27.9 Å². The molecule has 0 aliphatic carbocycles. The van der Waals surface area contributed by atoms with Gasteiger partial charge in [-0.25, -0.2) is 23.1 Å². The highest BCUT2D eigenvalue weighted by molar-refractivity contribution is 7.89. The average molecular weight is 360 g/mol. The Morgan fingerprint density at radius 1 is 1.24 bits per heavy atom. The van der Waals surface area contributed by atoms with Crippen molar-refractivity contribution in [3.05, 3.63) is 42.4 Å². The molecular formula is C17H20N4O3S. The SMILES string of the molecule is Cc1cc2c(-c3ccc(S(=O)(=O)NCC(C)(C)O)nc3)ccnc2[nH]1. The van der Waals surface area contributed by atoms with E-state index < -0.39 is 15.6 Å². The fraction of sp³-hybridized carbons (Fsp3) is 0.294. The zero-order valence-electron chi connectivity index (χ0n) is 14.2. The summed E-state index contributed by atoms with van der Waals surface area (Å²) < 4.78 is 26.8. The van der Waals surface area contributed by atoms with Gasteiger partial charge >= 0.3 is 0 Å². The molecule has 0 spiro atoms. The number of aromatic nitrogens is 3. The molecule has 0 unspecified atom stereocenters. The zero-order valence-corrected chi connectivity index (χ0v) is 15.1. The number of sulfonamides is 1. The number of H-pyrrole nitrogens is 1. The van der Waals surface area contributed by atoms with Crippen LogP contribution in [0.4, 0.5) is 0 Å². The lowest BCUT2D eigenvalue weighted by molar-refractivity contribution is 0.0857. The summed E-state index contributed by atoms with van der Waals surface area (Å²) in [6.07, 6.45) is 3.22. The Morgan fingerprint density at radius 2 is 2.00 bits per heavy atom. The summed E-state index contributed by atoms with van der Waals surface area (Å²) in [5.74, 6) is 0. The molecule has 3 heterocycles. The van der Waals surface area contributed by atoms with Crippen molar-refractivity contribution < 1.29 is 13.5 Å². The Kier molecular flexibility index (Phi) is 4.36. The van der Waals surface area contributed by atoms with E-state index in [9.17, 15) is 13.5 Å². The van der Waals surface area contributed by atoms with E-state index in [0.29, 0.717) is 0 Å². The van der Waals surface area contributed by atoms with Gasteiger partial charge in [-0.3, -0.25) is 0 Å². The van der Waals surface area contributed by atoms with Crippen LogP contribution in [0.1, 0.15) is 19.5 Å². The van der Waals surface area contributed by atoms with Gasteiger partial charge in [0.05, 0.1) is 5.60 Å². The number of pyridine rings is 2. The summed E-state index contributed by atoms with van der Waals surface area (Å²) in [6.45, 7) is 4.92. The molecule has 0 radical (unpaired) electrons. The number of aromatic amines is 1. The van der Waals surface area contributed by atoms with Crippen LogP contribution in [-0.4, -0.2) is 40.6 Å². The van der Waals surface area contributed by atoms with Gasteiger partial charge in [0, 0.05) is 35.6 Å². The third-order valence-corrected chi connectivity index (χ3v) is 5.00. The number of rotatable bonds is 5. The fourth-order valence-corrected chi connectivity index (χ4v) is 3.58. The van der Waals surface area contributed by atoms with Crippen molar-refractivity contribution in [2.75, 3.05) is 6.54 Å². The predicted octanol–water partition coefficient (Wildman–Crippen LogP) is 1.98. The Balaban J connectivity index is 1.92. The van der Waals surface area contributed by atoms with Gasteiger partial charge in [0.15, 0.2) is 5.03 Å². The fourth-order valence-electron chi connectivity index (χ4n) is 2.45. The topological polar surface area (TPSA) is 108 Å². The largest absolute Gasteiger partial charge is 0.389 e. The smallest absolute Gasteiger partial charge is 0.258 e. The molecule has 3 aromatic rings. The van der Waals surface area contributed by atoms with E-state index >= 15 is 0 Å². The lowest BCUT2D eigenvalue weighted by Gasteiger charge is -2.17. The van der Waals surface area contributed by atoms with Crippen LogP contribution in [0.15, 0.2) is 41.7 Å². The minimum absolute atomic E-state index is 0.0870. The van der Waals surface area contributed by atoms with E-state index in [2.05, 4.69) is 19.7 Å². The van der Waals surface area contributed by atoms with Gasteiger partial charge in [0.2, 0.25) is 0 Å². The summed E-state index contributed by atoms with van der Waals surface area (Å²) >= 11 is 0. The van der Waals surface area contributed by atoms with Gasteiger partial charge in [-0.1, -0.05) is 0 Å². The Morgan fingerprint density at radius 3 is 2.64 bits per heavy atom. The quantitative estimate of drug-likeness (QED) is 0.645. The molecule has 25 heavy (non-hydrogen) atoms. The Bertz CT molecular complexity index is 1000. The molecule has 3 N–H and O–H groups in total. The van der Waals surface area contributed by atoms with Crippen molar-refractivity contribution in [2.45, 2.75) is 31.4 Å². The molecule has 0 saturated carbocycles. The van der Waals surface area contributed by atoms with Gasteiger partial charge in [-0.05, 0) is 50.6 Å². The van der Waals surface area contributed by atoms with Crippen LogP contribution in [0.3, 0.4) is 0 Å². The zero-order chi connectivity index (χ0) is 18.2. The van der Waals surface area contributed by atoms with Crippen LogP contribution >= 0.6 is 0 Å². The molecule has 0 aromatic carbocycles. The average Bonchev–Trinajstić information content (AvgIpc) is 2.93. The van der Waals surface area contributed by atoms with Gasteiger partial charge in [0.1, 0.15) is 5.65 Å². The first-order valence-corrected chi connectivity index (χ1v) is 9.27. The molecule has 0 bridgehead atoms. The lowest BCUT2D eigenvalue weighted by Crippen LogP contribution is -2.38. The van der Waals surface area contributed by atoms with Crippen LogP contribution in [-0.2, 0) is 10.0 Å². The second-order valence-corrected chi connectivity index (χ2v) is 8.31. The van der Waals surface area contributed by atoms with Gasteiger partial charge in [-0.2, -0.15) is 0 Å². The molecule has 132 valence electrons. The maximum absolute atomic E-state index is 12.2. The second-order valence-electron chi connectivity index (χ2n) is 6.60. The summed E-state index contributed by atoms with van der Waals surface area (Å²) in [6, 6.07) is 7.02. The summed E-state index contributed by atoms with van der Waals surface area (Å²) in [5, 5.41) is 10.5. The number of nitrogens with one attached hydrogen (secondary N) is 2. The van der Waals surface area contributed by atoms with E-state index in [-0.39, 0.29) is 11.6 Å². The molecular weight excluding hydrogens is 340 g/mol. The number of aryl methyl sites for hydroxylation is 1. The minimum atomic E-state index is -3.77.